The van der Waals surface area contributed by atoms with Gasteiger partial charge in [0.2, 0.25) is 5.91 Å². The van der Waals surface area contributed by atoms with E-state index in [0.29, 0.717) is 24.9 Å². The minimum absolute atomic E-state index is 0. The molecule has 1 aliphatic heterocycles. The lowest BCUT2D eigenvalue weighted by Gasteiger charge is -2.19. The van der Waals surface area contributed by atoms with Crippen LogP contribution in [-0.4, -0.2) is 12.5 Å². The molecular weight excluding hydrogens is 346 g/mol. The zero-order valence-corrected chi connectivity index (χ0v) is 14.3. The fraction of sp³-hybridized carbons (Fsp3) is 0.316. The Morgan fingerprint density at radius 2 is 1.88 bits per heavy atom. The molecule has 1 fully saturated rings. The number of carbonyl (C=O) groups is 1. The van der Waals surface area contributed by atoms with Crippen LogP contribution in [0.4, 0.5) is 14.5 Å². The predicted octanol–water partition coefficient (Wildman–Crippen LogP) is 3.77. The van der Waals surface area contributed by atoms with Crippen LogP contribution < -0.4 is 10.6 Å². The molecule has 1 heterocycles. The van der Waals surface area contributed by atoms with Crippen molar-refractivity contribution < 1.29 is 13.6 Å². The van der Waals surface area contributed by atoms with Crippen molar-refractivity contribution in [2.75, 3.05) is 11.9 Å². The van der Waals surface area contributed by atoms with Gasteiger partial charge in [0.05, 0.1) is 5.69 Å². The number of fused-ring (bicyclic) bond motifs is 1. The second-order valence-electron chi connectivity index (χ2n) is 6.48. The maximum Gasteiger partial charge on any atom is 0.228 e. The van der Waals surface area contributed by atoms with Gasteiger partial charge in [0, 0.05) is 12.5 Å². The van der Waals surface area contributed by atoms with E-state index < -0.39 is 0 Å². The van der Waals surface area contributed by atoms with Gasteiger partial charge in [-0.1, -0.05) is 18.2 Å². The number of benzene rings is 2. The molecule has 3 nitrogen and oxygen atoms in total. The molecule has 25 heavy (non-hydrogen) atoms. The molecule has 1 aliphatic carbocycles. The third kappa shape index (κ3) is 3.53. The first kappa shape index (κ1) is 17.8. The molecule has 4 rings (SSSR count). The zero-order valence-electron chi connectivity index (χ0n) is 13.5. The highest BCUT2D eigenvalue weighted by molar-refractivity contribution is 5.95. The lowest BCUT2D eigenvalue weighted by Crippen LogP contribution is -2.25. The Bertz CT molecular complexity index is 795. The third-order valence-electron chi connectivity index (χ3n) is 4.89. The van der Waals surface area contributed by atoms with E-state index in [0.717, 1.165) is 17.7 Å². The van der Waals surface area contributed by atoms with Gasteiger partial charge in [-0.05, 0) is 60.2 Å². The Balaban J connectivity index is 0.00000182. The van der Waals surface area contributed by atoms with Gasteiger partial charge in [-0.15, -0.1) is 12.4 Å². The van der Waals surface area contributed by atoms with Crippen molar-refractivity contribution in [2.45, 2.75) is 25.3 Å². The summed E-state index contributed by atoms with van der Waals surface area (Å²) in [7, 11) is 0. The summed E-state index contributed by atoms with van der Waals surface area (Å²) in [5.41, 5.74) is 2.85. The average molecular weight is 365 g/mol. The molecular formula is C19H19ClF2N2O. The van der Waals surface area contributed by atoms with Crippen molar-refractivity contribution in [3.63, 3.8) is 0 Å². The van der Waals surface area contributed by atoms with Gasteiger partial charge in [0.1, 0.15) is 11.6 Å². The maximum atomic E-state index is 14.6. The summed E-state index contributed by atoms with van der Waals surface area (Å²) in [5.74, 6) is -0.854. The molecule has 1 amide bonds. The number of hydrogen-bond donors (Lipinski definition) is 2. The first-order chi connectivity index (χ1) is 11.6. The molecule has 2 atom stereocenters. The average Bonchev–Trinajstić information content (AvgIpc) is 3.39. The molecule has 2 aromatic rings. The van der Waals surface area contributed by atoms with Gasteiger partial charge < -0.3 is 10.6 Å². The highest BCUT2D eigenvalue weighted by Crippen LogP contribution is 2.48. The summed E-state index contributed by atoms with van der Waals surface area (Å²) in [6.07, 6.45) is 1.35. The molecule has 2 aliphatic rings. The number of anilines is 1. The molecule has 0 saturated heterocycles. The van der Waals surface area contributed by atoms with E-state index in [1.54, 1.807) is 18.2 Å². The molecule has 132 valence electrons. The first-order valence-corrected chi connectivity index (χ1v) is 8.21. The second kappa shape index (κ2) is 7.10. The van der Waals surface area contributed by atoms with E-state index in [1.807, 2.05) is 6.07 Å². The van der Waals surface area contributed by atoms with Crippen molar-refractivity contribution in [3.8, 4) is 0 Å². The molecule has 6 heteroatoms. The smallest absolute Gasteiger partial charge is 0.228 e. The molecule has 2 N–H and O–H groups in total. The Morgan fingerprint density at radius 3 is 2.64 bits per heavy atom. The quantitative estimate of drug-likeness (QED) is 0.870. The van der Waals surface area contributed by atoms with E-state index in [-0.39, 0.29) is 47.5 Å². The molecule has 0 bridgehead atoms. The Hall–Kier alpha value is -1.98. The summed E-state index contributed by atoms with van der Waals surface area (Å²) in [5, 5.41) is 5.93. The highest BCUT2D eigenvalue weighted by atomic mass is 35.5. The fourth-order valence-corrected chi connectivity index (χ4v) is 3.42. The van der Waals surface area contributed by atoms with Crippen LogP contribution in [0.1, 0.15) is 29.0 Å². The van der Waals surface area contributed by atoms with E-state index in [1.165, 1.54) is 12.1 Å². The predicted molar refractivity (Wildman–Crippen MR) is 94.9 cm³/mol. The van der Waals surface area contributed by atoms with Gasteiger partial charge in [0.25, 0.3) is 0 Å². The number of hydrogen-bond acceptors (Lipinski definition) is 2. The van der Waals surface area contributed by atoms with Gasteiger partial charge in [-0.2, -0.15) is 0 Å². The van der Waals surface area contributed by atoms with Crippen molar-refractivity contribution in [1.82, 2.24) is 5.32 Å². The number of rotatable bonds is 3. The second-order valence-corrected chi connectivity index (χ2v) is 6.48. The lowest BCUT2D eigenvalue weighted by molar-refractivity contribution is -0.117. The topological polar surface area (TPSA) is 41.1 Å². The van der Waals surface area contributed by atoms with E-state index in [9.17, 15) is 13.6 Å². The van der Waals surface area contributed by atoms with E-state index >= 15 is 0 Å². The minimum atomic E-state index is -0.318. The van der Waals surface area contributed by atoms with Crippen LogP contribution in [-0.2, 0) is 17.8 Å². The molecule has 1 saturated carbocycles. The van der Waals surface area contributed by atoms with Crippen molar-refractivity contribution in [3.05, 3.63) is 64.7 Å². The van der Waals surface area contributed by atoms with Crippen LogP contribution in [0, 0.1) is 17.6 Å². The zero-order chi connectivity index (χ0) is 16.7. The van der Waals surface area contributed by atoms with Crippen molar-refractivity contribution >= 4 is 24.0 Å². The summed E-state index contributed by atoms with van der Waals surface area (Å²) in [6.45, 7) is 1.41. The number of amides is 1. The number of nitrogens with one attached hydrogen (secondary N) is 2. The van der Waals surface area contributed by atoms with Crippen molar-refractivity contribution in [1.29, 1.82) is 0 Å². The summed E-state index contributed by atoms with van der Waals surface area (Å²) in [6, 6.07) is 9.72. The Morgan fingerprint density at radius 1 is 1.12 bits per heavy atom. The van der Waals surface area contributed by atoms with Crippen LogP contribution in [0.5, 0.6) is 0 Å². The molecule has 2 unspecified atom stereocenters. The van der Waals surface area contributed by atoms with Crippen LogP contribution in [0.25, 0.3) is 0 Å². The third-order valence-corrected chi connectivity index (χ3v) is 4.89. The summed E-state index contributed by atoms with van der Waals surface area (Å²) in [4.78, 5) is 12.4. The Kier molecular flexibility index (Phi) is 5.06. The van der Waals surface area contributed by atoms with Crippen LogP contribution >= 0.6 is 12.4 Å². The van der Waals surface area contributed by atoms with Gasteiger partial charge in [-0.3, -0.25) is 4.79 Å². The molecule has 0 aromatic heterocycles. The maximum absolute atomic E-state index is 14.6. The van der Waals surface area contributed by atoms with E-state index in [4.69, 9.17) is 0 Å². The normalized spacial score (nSPS) is 21.0. The fourth-order valence-electron chi connectivity index (χ4n) is 3.42. The Labute approximate surface area is 151 Å². The van der Waals surface area contributed by atoms with Crippen LogP contribution in [0.3, 0.4) is 0 Å². The summed E-state index contributed by atoms with van der Waals surface area (Å²) >= 11 is 0. The number of halogens is 3. The minimum Gasteiger partial charge on any atom is -0.323 e. The lowest BCUT2D eigenvalue weighted by atomic mass is 9.99. The number of carbonyl (C=O) groups excluding carboxylic acids is 1. The van der Waals surface area contributed by atoms with Crippen LogP contribution in [0.2, 0.25) is 0 Å². The highest BCUT2D eigenvalue weighted by Gasteiger charge is 2.44. The standard InChI is InChI=1S/C19H18F2N2O.ClH/c20-13-4-1-11(2-5-13)15-9-16(15)19(24)23-17-6-3-12-10-22-8-7-14(12)18(17)21;/h1-6,15-16,22H,7-10H2,(H,23,24);1H. The first-order valence-electron chi connectivity index (χ1n) is 8.21. The van der Waals surface area contributed by atoms with Gasteiger partial charge >= 0.3 is 0 Å². The van der Waals surface area contributed by atoms with Gasteiger partial charge in [-0.25, -0.2) is 8.78 Å². The molecule has 2 aromatic carbocycles. The van der Waals surface area contributed by atoms with E-state index in [2.05, 4.69) is 10.6 Å². The largest absolute Gasteiger partial charge is 0.323 e. The monoisotopic (exact) mass is 364 g/mol. The SMILES string of the molecule is Cl.O=C(Nc1ccc2c(c1F)CCNC2)C1CC1c1ccc(F)cc1. The van der Waals surface area contributed by atoms with Gasteiger partial charge in [0.15, 0.2) is 0 Å². The van der Waals surface area contributed by atoms with Crippen molar-refractivity contribution in [2.24, 2.45) is 5.92 Å². The van der Waals surface area contributed by atoms with Crippen LogP contribution in [0.15, 0.2) is 36.4 Å². The summed E-state index contributed by atoms with van der Waals surface area (Å²) < 4.78 is 27.5. The molecule has 0 radical (unpaired) electrons. The molecule has 0 spiro atoms.